The minimum absolute atomic E-state index is 0.286. The van der Waals surface area contributed by atoms with Gasteiger partial charge in [-0.2, -0.15) is 0 Å². The number of aliphatic carboxylic acids is 1. The molecule has 0 aromatic carbocycles. The van der Waals surface area contributed by atoms with E-state index in [2.05, 4.69) is 19.1 Å². The van der Waals surface area contributed by atoms with Crippen LogP contribution in [0.4, 0.5) is 0 Å². The van der Waals surface area contributed by atoms with Crippen molar-refractivity contribution in [1.82, 2.24) is 0 Å². The van der Waals surface area contributed by atoms with Gasteiger partial charge in [-0.05, 0) is 38.5 Å². The van der Waals surface area contributed by atoms with Gasteiger partial charge in [-0.3, -0.25) is 4.79 Å². The monoisotopic (exact) mass is 324 g/mol. The molecule has 3 heteroatoms. The van der Waals surface area contributed by atoms with Crippen molar-refractivity contribution in [2.75, 3.05) is 0 Å². The average Bonchev–Trinajstić information content (AvgIpc) is 3.27. The zero-order valence-electron chi connectivity index (χ0n) is 15.0. The van der Waals surface area contributed by atoms with E-state index in [0.717, 1.165) is 19.3 Å². The third-order valence-electron chi connectivity index (χ3n) is 4.57. The van der Waals surface area contributed by atoms with Crippen molar-refractivity contribution in [3.05, 3.63) is 12.2 Å². The molecule has 0 radical (unpaired) electrons. The predicted molar refractivity (Wildman–Crippen MR) is 95.7 cm³/mol. The third kappa shape index (κ3) is 12.3. The summed E-state index contributed by atoms with van der Waals surface area (Å²) in [5.41, 5.74) is 0. The van der Waals surface area contributed by atoms with Gasteiger partial charge in [0, 0.05) is 6.42 Å². The maximum Gasteiger partial charge on any atom is 0.303 e. The molecule has 23 heavy (non-hydrogen) atoms. The van der Waals surface area contributed by atoms with Crippen LogP contribution in [0.1, 0.15) is 96.8 Å². The molecule has 0 saturated carbocycles. The number of hydrogen-bond acceptors (Lipinski definition) is 2. The summed E-state index contributed by atoms with van der Waals surface area (Å²) in [4.78, 5) is 10.4. The Hall–Kier alpha value is -0.830. The number of carboxylic acids is 1. The topological polar surface area (TPSA) is 49.8 Å². The van der Waals surface area contributed by atoms with Gasteiger partial charge in [0.15, 0.2) is 0 Å². The van der Waals surface area contributed by atoms with Crippen molar-refractivity contribution in [1.29, 1.82) is 0 Å². The number of rotatable bonds is 16. The molecule has 3 nitrogen and oxygen atoms in total. The largest absolute Gasteiger partial charge is 0.481 e. The van der Waals surface area contributed by atoms with Crippen LogP contribution in [0.2, 0.25) is 0 Å². The summed E-state index contributed by atoms with van der Waals surface area (Å²) in [6, 6.07) is 0. The molecule has 1 aliphatic rings. The lowest BCUT2D eigenvalue weighted by atomic mass is 10.0. The maximum absolute atomic E-state index is 10.4. The Morgan fingerprint density at radius 1 is 0.870 bits per heavy atom. The molecule has 2 atom stereocenters. The van der Waals surface area contributed by atoms with Gasteiger partial charge in [0.25, 0.3) is 0 Å². The lowest BCUT2D eigenvalue weighted by Gasteiger charge is -1.99. The van der Waals surface area contributed by atoms with E-state index in [0.29, 0.717) is 12.2 Å². The number of hydrogen-bond donors (Lipinski definition) is 1. The Bertz CT molecular complexity index is 325. The lowest BCUT2D eigenvalue weighted by molar-refractivity contribution is -0.137. The molecule has 1 heterocycles. The number of carboxylic acid groups (broad SMARTS) is 1. The molecular formula is C20H36O3. The SMILES string of the molecule is CCCCC[C@@H]1O[C@H]1CCCCCCC/C=C\CCCC(=O)O. The second-order valence-electron chi connectivity index (χ2n) is 6.81. The molecule has 0 aromatic heterocycles. The highest BCUT2D eigenvalue weighted by Gasteiger charge is 2.36. The molecule has 0 spiro atoms. The number of unbranched alkanes of at least 4 members (excludes halogenated alkanes) is 8. The molecule has 1 N–H and O–H groups in total. The summed E-state index contributed by atoms with van der Waals surface area (Å²) in [6.07, 6.45) is 21.7. The Labute approximate surface area is 142 Å². The minimum atomic E-state index is -0.692. The minimum Gasteiger partial charge on any atom is -0.481 e. The Morgan fingerprint density at radius 3 is 2.09 bits per heavy atom. The van der Waals surface area contributed by atoms with E-state index < -0.39 is 5.97 Å². The second-order valence-corrected chi connectivity index (χ2v) is 6.81. The van der Waals surface area contributed by atoms with Crippen LogP contribution in [-0.2, 0) is 9.53 Å². The summed E-state index contributed by atoms with van der Waals surface area (Å²) in [6.45, 7) is 2.25. The molecule has 134 valence electrons. The van der Waals surface area contributed by atoms with Gasteiger partial charge in [0.1, 0.15) is 0 Å². The molecule has 0 bridgehead atoms. The molecule has 0 amide bonds. The van der Waals surface area contributed by atoms with Crippen molar-refractivity contribution in [2.45, 2.75) is 109 Å². The van der Waals surface area contributed by atoms with Gasteiger partial charge in [0.2, 0.25) is 0 Å². The molecule has 1 saturated heterocycles. The fraction of sp³-hybridized carbons (Fsp3) is 0.850. The van der Waals surface area contributed by atoms with E-state index in [1.807, 2.05) is 0 Å². The fourth-order valence-electron chi connectivity index (χ4n) is 3.03. The molecule has 1 aliphatic heterocycles. The average molecular weight is 325 g/mol. The number of allylic oxidation sites excluding steroid dienone is 2. The Morgan fingerprint density at radius 2 is 1.43 bits per heavy atom. The highest BCUT2D eigenvalue weighted by atomic mass is 16.6. The summed E-state index contributed by atoms with van der Waals surface area (Å²) >= 11 is 0. The van der Waals surface area contributed by atoms with Crippen LogP contribution in [0.5, 0.6) is 0 Å². The fourth-order valence-corrected chi connectivity index (χ4v) is 3.03. The standard InChI is InChI=1S/C20H36O3/c1-2-3-12-15-18-19(23-18)16-13-10-8-6-4-5-7-9-11-14-17-20(21)22/h7,9,18-19H,2-6,8,10-17H2,1H3,(H,21,22)/b9-7-/t18-,19-/m0/s1. The molecule has 0 aliphatic carbocycles. The zero-order valence-corrected chi connectivity index (χ0v) is 15.0. The van der Waals surface area contributed by atoms with Crippen molar-refractivity contribution < 1.29 is 14.6 Å². The highest BCUT2D eigenvalue weighted by molar-refractivity contribution is 5.66. The van der Waals surface area contributed by atoms with Crippen LogP contribution in [0.15, 0.2) is 12.2 Å². The van der Waals surface area contributed by atoms with E-state index in [4.69, 9.17) is 9.84 Å². The normalized spacial score (nSPS) is 20.2. The third-order valence-corrected chi connectivity index (χ3v) is 4.57. The van der Waals surface area contributed by atoms with Gasteiger partial charge in [-0.1, -0.05) is 64.0 Å². The van der Waals surface area contributed by atoms with Crippen molar-refractivity contribution in [2.24, 2.45) is 0 Å². The molecule has 0 aromatic rings. The molecule has 1 rings (SSSR count). The van der Waals surface area contributed by atoms with Gasteiger partial charge in [-0.15, -0.1) is 0 Å². The molecule has 1 fully saturated rings. The van der Waals surface area contributed by atoms with Crippen LogP contribution in [0, 0.1) is 0 Å². The highest BCUT2D eigenvalue weighted by Crippen LogP contribution is 2.31. The van der Waals surface area contributed by atoms with E-state index in [-0.39, 0.29) is 6.42 Å². The Balaban J connectivity index is 1.75. The van der Waals surface area contributed by atoms with E-state index in [1.165, 1.54) is 64.2 Å². The van der Waals surface area contributed by atoms with Crippen LogP contribution < -0.4 is 0 Å². The smallest absolute Gasteiger partial charge is 0.303 e. The van der Waals surface area contributed by atoms with Crippen LogP contribution >= 0.6 is 0 Å². The predicted octanol–water partition coefficient (Wildman–Crippen LogP) is 5.88. The second kappa shape index (κ2) is 13.6. The molecular weight excluding hydrogens is 288 g/mol. The van der Waals surface area contributed by atoms with Gasteiger partial charge in [0.05, 0.1) is 12.2 Å². The molecule has 0 unspecified atom stereocenters. The quantitative estimate of drug-likeness (QED) is 0.219. The summed E-state index contributed by atoms with van der Waals surface area (Å²) in [5, 5.41) is 8.53. The maximum atomic E-state index is 10.4. The van der Waals surface area contributed by atoms with Crippen molar-refractivity contribution >= 4 is 5.97 Å². The van der Waals surface area contributed by atoms with E-state index in [9.17, 15) is 4.79 Å². The van der Waals surface area contributed by atoms with E-state index in [1.54, 1.807) is 0 Å². The first-order valence-corrected chi connectivity index (χ1v) is 9.76. The Kier molecular flexibility index (Phi) is 11.9. The van der Waals surface area contributed by atoms with Gasteiger partial charge in [-0.25, -0.2) is 0 Å². The number of ether oxygens (including phenoxy) is 1. The van der Waals surface area contributed by atoms with Crippen LogP contribution in [0.25, 0.3) is 0 Å². The zero-order chi connectivity index (χ0) is 16.8. The van der Waals surface area contributed by atoms with Crippen LogP contribution in [-0.4, -0.2) is 23.3 Å². The van der Waals surface area contributed by atoms with Gasteiger partial charge < -0.3 is 9.84 Å². The lowest BCUT2D eigenvalue weighted by Crippen LogP contribution is -1.94. The van der Waals surface area contributed by atoms with Crippen molar-refractivity contribution in [3.63, 3.8) is 0 Å². The first-order valence-electron chi connectivity index (χ1n) is 9.76. The number of epoxide rings is 1. The summed E-state index contributed by atoms with van der Waals surface area (Å²) < 4.78 is 5.72. The first-order chi connectivity index (χ1) is 11.2. The first kappa shape index (κ1) is 20.2. The summed E-state index contributed by atoms with van der Waals surface area (Å²) in [7, 11) is 0. The van der Waals surface area contributed by atoms with Gasteiger partial charge >= 0.3 is 5.97 Å². The van der Waals surface area contributed by atoms with E-state index >= 15 is 0 Å². The number of carbonyl (C=O) groups is 1. The van der Waals surface area contributed by atoms with Crippen molar-refractivity contribution in [3.8, 4) is 0 Å². The van der Waals surface area contributed by atoms with Crippen LogP contribution in [0.3, 0.4) is 0 Å². The summed E-state index contributed by atoms with van der Waals surface area (Å²) in [5.74, 6) is -0.692.